The lowest BCUT2D eigenvalue weighted by molar-refractivity contribution is -0.135. The number of hydrazine groups is 1. The molecule has 2 N–H and O–H groups in total. The Morgan fingerprint density at radius 3 is 2.46 bits per heavy atom. The lowest BCUT2D eigenvalue weighted by Crippen LogP contribution is -2.30. The second-order valence-corrected chi connectivity index (χ2v) is 7.36. The van der Waals surface area contributed by atoms with E-state index in [0.29, 0.717) is 23.9 Å². The minimum Gasteiger partial charge on any atom is -0.449 e. The molecule has 0 spiro atoms. The maximum atomic E-state index is 11.9. The van der Waals surface area contributed by atoms with Crippen LogP contribution in [0.3, 0.4) is 0 Å². The summed E-state index contributed by atoms with van der Waals surface area (Å²) >= 11 is 3.42. The summed E-state index contributed by atoms with van der Waals surface area (Å²) in [5.41, 5.74) is 7.44. The highest BCUT2D eigenvalue weighted by molar-refractivity contribution is 9.10. The molecule has 3 unspecified atom stereocenters. The number of rotatable bonds is 4. The van der Waals surface area contributed by atoms with Gasteiger partial charge < -0.3 is 4.74 Å². The third-order valence-corrected chi connectivity index (χ3v) is 5.21. The van der Waals surface area contributed by atoms with E-state index >= 15 is 0 Å². The Hall–Kier alpha value is -1.44. The fourth-order valence-electron chi connectivity index (χ4n) is 3.26. The minimum absolute atomic E-state index is 0.121. The quantitative estimate of drug-likeness (QED) is 0.823. The summed E-state index contributed by atoms with van der Waals surface area (Å²) in [5.74, 6) is 1.02. The number of nitrogens with one attached hydrogen (secondary N) is 2. The zero-order valence-corrected chi connectivity index (χ0v) is 15.7. The second-order valence-electron chi connectivity index (χ2n) is 6.45. The number of ether oxygens (including phenoxy) is 1. The van der Waals surface area contributed by atoms with E-state index in [4.69, 9.17) is 4.74 Å². The molecule has 2 aliphatic heterocycles. The first kappa shape index (κ1) is 17.4. The van der Waals surface area contributed by atoms with E-state index in [1.807, 2.05) is 24.3 Å². The molecule has 130 valence electrons. The predicted molar refractivity (Wildman–Crippen MR) is 95.8 cm³/mol. The van der Waals surface area contributed by atoms with Crippen LogP contribution in [0, 0.1) is 5.92 Å². The van der Waals surface area contributed by atoms with Gasteiger partial charge in [0.15, 0.2) is 0 Å². The van der Waals surface area contributed by atoms with E-state index in [1.165, 1.54) is 11.9 Å². The van der Waals surface area contributed by atoms with Crippen LogP contribution in [0.2, 0.25) is 0 Å². The highest BCUT2D eigenvalue weighted by Crippen LogP contribution is 2.31. The smallest absolute Gasteiger partial charge is 0.243 e. The number of halogens is 1. The summed E-state index contributed by atoms with van der Waals surface area (Å²) in [4.78, 5) is 11.9. The maximum Gasteiger partial charge on any atom is 0.243 e. The van der Waals surface area contributed by atoms with E-state index in [0.717, 1.165) is 22.9 Å². The lowest BCUT2D eigenvalue weighted by atomic mass is 9.92. The molecule has 0 bridgehead atoms. The summed E-state index contributed by atoms with van der Waals surface area (Å²) in [7, 11) is 0. The molecular weight excluding hydrogens is 372 g/mol. The Bertz CT molecular complexity index is 624. The number of hydrogen-bond donors (Lipinski definition) is 2. The highest BCUT2D eigenvalue weighted by atomic mass is 79.9. The largest absolute Gasteiger partial charge is 0.449 e. The Morgan fingerprint density at radius 2 is 1.88 bits per heavy atom. The van der Waals surface area contributed by atoms with Gasteiger partial charge in [-0.25, -0.2) is 0 Å². The van der Waals surface area contributed by atoms with Crippen LogP contribution in [0.15, 0.2) is 33.8 Å². The van der Waals surface area contributed by atoms with Crippen LogP contribution < -0.4 is 10.9 Å². The molecule has 7 heteroatoms. The van der Waals surface area contributed by atoms with Crippen molar-refractivity contribution in [2.75, 3.05) is 0 Å². The van der Waals surface area contributed by atoms with E-state index in [-0.39, 0.29) is 5.91 Å². The number of nitrogens with zero attached hydrogens (tertiary/aromatic N) is 2. The van der Waals surface area contributed by atoms with Crippen LogP contribution in [0.4, 0.5) is 0 Å². The fourth-order valence-corrected chi connectivity index (χ4v) is 3.52. The molecule has 0 aromatic heterocycles. The molecule has 6 nitrogen and oxygen atoms in total. The van der Waals surface area contributed by atoms with Gasteiger partial charge in [-0.2, -0.15) is 5.01 Å². The molecule has 1 saturated heterocycles. The SMILES string of the molecule is CC(=O)N1N=C(CCC2C(C)NNC2C)OC1c1ccc(Br)cc1. The monoisotopic (exact) mass is 394 g/mol. The summed E-state index contributed by atoms with van der Waals surface area (Å²) < 4.78 is 6.98. The number of hydrogen-bond acceptors (Lipinski definition) is 5. The van der Waals surface area contributed by atoms with Crippen molar-refractivity contribution in [2.45, 2.75) is 51.9 Å². The van der Waals surface area contributed by atoms with Gasteiger partial charge in [0.1, 0.15) is 0 Å². The fraction of sp³-hybridized carbons (Fsp3) is 0.529. The number of benzene rings is 1. The topological polar surface area (TPSA) is 66.0 Å². The Labute approximate surface area is 150 Å². The van der Waals surface area contributed by atoms with Crippen LogP contribution >= 0.6 is 15.9 Å². The third kappa shape index (κ3) is 3.63. The lowest BCUT2D eigenvalue weighted by Gasteiger charge is -2.20. The Morgan fingerprint density at radius 1 is 1.25 bits per heavy atom. The number of hydrazone groups is 1. The van der Waals surface area contributed by atoms with Gasteiger partial charge in [0.2, 0.25) is 18.0 Å². The molecule has 1 aromatic rings. The van der Waals surface area contributed by atoms with Gasteiger partial charge in [-0.1, -0.05) is 28.1 Å². The predicted octanol–water partition coefficient (Wildman–Crippen LogP) is 2.92. The summed E-state index contributed by atoms with van der Waals surface area (Å²) in [6.07, 6.45) is 1.21. The first-order valence-corrected chi connectivity index (χ1v) is 9.05. The van der Waals surface area contributed by atoms with Crippen LogP contribution in [0.5, 0.6) is 0 Å². The average molecular weight is 395 g/mol. The molecule has 1 amide bonds. The second kappa shape index (κ2) is 7.21. The van der Waals surface area contributed by atoms with Crippen LogP contribution in [-0.2, 0) is 9.53 Å². The Kier molecular flexibility index (Phi) is 5.22. The molecule has 0 saturated carbocycles. The van der Waals surface area contributed by atoms with Crippen molar-refractivity contribution in [3.05, 3.63) is 34.3 Å². The first-order valence-electron chi connectivity index (χ1n) is 8.26. The minimum atomic E-state index is -0.472. The number of amides is 1. The molecule has 3 atom stereocenters. The molecule has 2 heterocycles. The van der Waals surface area contributed by atoms with Crippen LogP contribution in [-0.4, -0.2) is 28.9 Å². The Balaban J connectivity index is 1.68. The van der Waals surface area contributed by atoms with Gasteiger partial charge in [-0.15, -0.1) is 5.10 Å². The highest BCUT2D eigenvalue weighted by Gasteiger charge is 2.34. The maximum absolute atomic E-state index is 11.9. The van der Waals surface area contributed by atoms with E-state index in [9.17, 15) is 4.79 Å². The summed E-state index contributed by atoms with van der Waals surface area (Å²) in [6, 6.07) is 8.58. The molecule has 0 radical (unpaired) electrons. The molecule has 1 fully saturated rings. The zero-order chi connectivity index (χ0) is 17.3. The molecule has 2 aliphatic rings. The van der Waals surface area contributed by atoms with Gasteiger partial charge in [0.25, 0.3) is 0 Å². The zero-order valence-electron chi connectivity index (χ0n) is 14.1. The molecule has 24 heavy (non-hydrogen) atoms. The van der Waals surface area contributed by atoms with Gasteiger partial charge in [-0.3, -0.25) is 15.6 Å². The van der Waals surface area contributed by atoms with Crippen LogP contribution in [0.25, 0.3) is 0 Å². The first-order chi connectivity index (χ1) is 11.5. The number of carbonyl (C=O) groups excluding carboxylic acids is 1. The van der Waals surface area contributed by atoms with Crippen LogP contribution in [0.1, 0.15) is 45.4 Å². The van der Waals surface area contributed by atoms with E-state index in [2.05, 4.69) is 45.7 Å². The van der Waals surface area contributed by atoms with Gasteiger partial charge >= 0.3 is 0 Å². The normalized spacial score (nSPS) is 29.5. The van der Waals surface area contributed by atoms with Gasteiger partial charge in [0, 0.05) is 35.5 Å². The van der Waals surface area contributed by atoms with Crippen molar-refractivity contribution in [3.8, 4) is 0 Å². The average Bonchev–Trinajstić information content (AvgIpc) is 3.11. The van der Waals surface area contributed by atoms with Gasteiger partial charge in [0.05, 0.1) is 0 Å². The standard InChI is InChI=1S/C17H23BrN4O2/c1-10-15(11(2)20-19-10)8-9-16-21-22(12(3)23)17(24-16)13-4-6-14(18)7-5-13/h4-7,10-11,15,17,19-20H,8-9H2,1-3H3. The number of carbonyl (C=O) groups is 1. The molecule has 1 aromatic carbocycles. The van der Waals surface area contributed by atoms with Crippen molar-refractivity contribution in [3.63, 3.8) is 0 Å². The third-order valence-electron chi connectivity index (χ3n) is 4.68. The molecule has 0 aliphatic carbocycles. The van der Waals surface area contributed by atoms with Crippen molar-refractivity contribution in [2.24, 2.45) is 11.0 Å². The summed E-state index contributed by atoms with van der Waals surface area (Å²) in [5, 5.41) is 5.83. The van der Waals surface area contributed by atoms with Crippen molar-refractivity contribution in [1.82, 2.24) is 15.9 Å². The van der Waals surface area contributed by atoms with Crippen molar-refractivity contribution < 1.29 is 9.53 Å². The summed E-state index contributed by atoms with van der Waals surface area (Å²) in [6.45, 7) is 5.85. The van der Waals surface area contributed by atoms with E-state index in [1.54, 1.807) is 0 Å². The van der Waals surface area contributed by atoms with E-state index < -0.39 is 6.23 Å². The molecule has 3 rings (SSSR count). The van der Waals surface area contributed by atoms with Crippen molar-refractivity contribution in [1.29, 1.82) is 0 Å². The molecular formula is C17H23BrN4O2. The van der Waals surface area contributed by atoms with Gasteiger partial charge in [-0.05, 0) is 38.3 Å². The van der Waals surface area contributed by atoms with Crippen molar-refractivity contribution >= 4 is 27.7 Å².